The van der Waals surface area contributed by atoms with Crippen LogP contribution in [0.1, 0.15) is 18.4 Å². The van der Waals surface area contributed by atoms with Crippen LogP contribution in [0, 0.1) is 5.82 Å². The number of amides is 1. The van der Waals surface area contributed by atoms with Crippen molar-refractivity contribution < 1.29 is 13.9 Å². The van der Waals surface area contributed by atoms with E-state index in [4.69, 9.17) is 4.74 Å². The second-order valence-corrected chi connectivity index (χ2v) is 4.66. The predicted octanol–water partition coefficient (Wildman–Crippen LogP) is 1.55. The largest absolute Gasteiger partial charge is 0.494 e. The third-order valence-electron chi connectivity index (χ3n) is 3.28. The molecule has 19 heavy (non-hydrogen) atoms. The zero-order valence-corrected chi connectivity index (χ0v) is 11.1. The molecule has 0 aromatic heterocycles. The first-order valence-electron chi connectivity index (χ1n) is 6.51. The van der Waals surface area contributed by atoms with Crippen LogP contribution in [0.15, 0.2) is 18.2 Å². The molecule has 104 valence electrons. The van der Waals surface area contributed by atoms with E-state index in [1.807, 2.05) is 4.90 Å². The van der Waals surface area contributed by atoms with E-state index in [1.54, 1.807) is 12.1 Å². The van der Waals surface area contributed by atoms with E-state index in [-0.39, 0.29) is 17.5 Å². The number of likely N-dealkylation sites (tertiary alicyclic amines) is 1. The van der Waals surface area contributed by atoms with E-state index < -0.39 is 0 Å². The number of carbonyl (C=O) groups excluding carboxylic acids is 1. The van der Waals surface area contributed by atoms with Crippen molar-refractivity contribution >= 4 is 5.91 Å². The number of nitrogens with zero attached hydrogens (tertiary/aromatic N) is 1. The molecule has 1 aliphatic rings. The Morgan fingerprint density at radius 1 is 1.42 bits per heavy atom. The van der Waals surface area contributed by atoms with Gasteiger partial charge in [-0.15, -0.1) is 0 Å². The van der Waals surface area contributed by atoms with Crippen LogP contribution >= 0.6 is 0 Å². The van der Waals surface area contributed by atoms with Crippen molar-refractivity contribution in [3.8, 4) is 5.75 Å². The van der Waals surface area contributed by atoms with E-state index in [0.29, 0.717) is 13.1 Å². The normalized spacial score (nSPS) is 14.7. The van der Waals surface area contributed by atoms with Gasteiger partial charge in [0.15, 0.2) is 11.6 Å². The maximum atomic E-state index is 13.5. The Kier molecular flexibility index (Phi) is 4.74. The van der Waals surface area contributed by atoms with Gasteiger partial charge in [-0.05, 0) is 30.5 Å². The molecule has 0 atom stereocenters. The first kappa shape index (κ1) is 13.8. The van der Waals surface area contributed by atoms with Gasteiger partial charge in [-0.1, -0.05) is 6.07 Å². The standard InChI is InChI=1S/C14H19FN2O2/c1-19-13-5-4-11(8-12(13)15)9-16-10-14(18)17-6-2-3-7-17/h4-5,8,16H,2-3,6-7,9-10H2,1H3. The highest BCUT2D eigenvalue weighted by molar-refractivity contribution is 5.78. The second-order valence-electron chi connectivity index (χ2n) is 4.66. The third kappa shape index (κ3) is 3.67. The van der Waals surface area contributed by atoms with E-state index >= 15 is 0 Å². The Morgan fingerprint density at radius 2 is 2.16 bits per heavy atom. The van der Waals surface area contributed by atoms with Crippen LogP contribution in [0.25, 0.3) is 0 Å². The Hall–Kier alpha value is -1.62. The molecule has 1 N–H and O–H groups in total. The highest BCUT2D eigenvalue weighted by Gasteiger charge is 2.16. The van der Waals surface area contributed by atoms with Crippen molar-refractivity contribution in [2.45, 2.75) is 19.4 Å². The number of methoxy groups -OCH3 is 1. The molecule has 1 saturated heterocycles. The minimum Gasteiger partial charge on any atom is -0.494 e. The molecule has 0 aliphatic carbocycles. The van der Waals surface area contributed by atoms with Gasteiger partial charge in [0.05, 0.1) is 13.7 Å². The van der Waals surface area contributed by atoms with Gasteiger partial charge in [-0.25, -0.2) is 4.39 Å². The molecule has 0 saturated carbocycles. The molecule has 1 amide bonds. The summed E-state index contributed by atoms with van der Waals surface area (Å²) in [6, 6.07) is 4.80. The molecule has 1 fully saturated rings. The molecule has 5 heteroatoms. The van der Waals surface area contributed by atoms with Crippen LogP contribution in [-0.2, 0) is 11.3 Å². The number of benzene rings is 1. The fourth-order valence-corrected chi connectivity index (χ4v) is 2.21. The Morgan fingerprint density at radius 3 is 2.79 bits per heavy atom. The number of rotatable bonds is 5. The highest BCUT2D eigenvalue weighted by Crippen LogP contribution is 2.17. The van der Waals surface area contributed by atoms with Crippen LogP contribution in [0.4, 0.5) is 4.39 Å². The molecule has 4 nitrogen and oxygen atoms in total. The lowest BCUT2D eigenvalue weighted by Gasteiger charge is -2.15. The van der Waals surface area contributed by atoms with Crippen molar-refractivity contribution in [3.05, 3.63) is 29.6 Å². The number of ether oxygens (including phenoxy) is 1. The van der Waals surface area contributed by atoms with Gasteiger partial charge in [0.1, 0.15) is 0 Å². The summed E-state index contributed by atoms with van der Waals surface area (Å²) in [5.74, 6) is -0.0314. The maximum Gasteiger partial charge on any atom is 0.236 e. The van der Waals surface area contributed by atoms with E-state index in [9.17, 15) is 9.18 Å². The third-order valence-corrected chi connectivity index (χ3v) is 3.28. The fourth-order valence-electron chi connectivity index (χ4n) is 2.21. The lowest BCUT2D eigenvalue weighted by Crippen LogP contribution is -2.35. The molecule has 0 radical (unpaired) electrons. The number of halogens is 1. The van der Waals surface area contributed by atoms with Crippen molar-refractivity contribution in [2.75, 3.05) is 26.7 Å². The molecular weight excluding hydrogens is 247 g/mol. The summed E-state index contributed by atoms with van der Waals surface area (Å²) in [6.45, 7) is 2.49. The van der Waals surface area contributed by atoms with Gasteiger partial charge in [0, 0.05) is 19.6 Å². The van der Waals surface area contributed by atoms with Crippen LogP contribution in [0.2, 0.25) is 0 Å². The second kappa shape index (κ2) is 6.52. The molecule has 1 aliphatic heterocycles. The number of nitrogens with one attached hydrogen (secondary N) is 1. The lowest BCUT2D eigenvalue weighted by atomic mass is 10.2. The lowest BCUT2D eigenvalue weighted by molar-refractivity contribution is -0.129. The first-order chi connectivity index (χ1) is 9.20. The van der Waals surface area contributed by atoms with Gasteiger partial charge in [0.2, 0.25) is 5.91 Å². The molecule has 1 aromatic rings. The Bertz CT molecular complexity index is 445. The smallest absolute Gasteiger partial charge is 0.236 e. The van der Waals surface area contributed by atoms with Gasteiger partial charge >= 0.3 is 0 Å². The molecule has 2 rings (SSSR count). The SMILES string of the molecule is COc1ccc(CNCC(=O)N2CCCC2)cc1F. The Labute approximate surface area is 112 Å². The zero-order valence-electron chi connectivity index (χ0n) is 11.1. The minimum atomic E-state index is -0.382. The fraction of sp³-hybridized carbons (Fsp3) is 0.500. The van der Waals surface area contributed by atoms with Crippen molar-refractivity contribution in [2.24, 2.45) is 0 Å². The van der Waals surface area contributed by atoms with Crippen molar-refractivity contribution in [1.29, 1.82) is 0 Å². The number of carbonyl (C=O) groups is 1. The summed E-state index contributed by atoms with van der Waals surface area (Å²) in [4.78, 5) is 13.6. The summed E-state index contributed by atoms with van der Waals surface area (Å²) in [6.07, 6.45) is 2.19. The van der Waals surface area contributed by atoms with Crippen LogP contribution in [0.3, 0.4) is 0 Å². The first-order valence-corrected chi connectivity index (χ1v) is 6.51. The van der Waals surface area contributed by atoms with Gasteiger partial charge < -0.3 is 15.0 Å². The predicted molar refractivity (Wildman–Crippen MR) is 70.5 cm³/mol. The van der Waals surface area contributed by atoms with Crippen LogP contribution < -0.4 is 10.1 Å². The molecule has 1 heterocycles. The van der Waals surface area contributed by atoms with E-state index in [0.717, 1.165) is 31.5 Å². The van der Waals surface area contributed by atoms with E-state index in [1.165, 1.54) is 13.2 Å². The topological polar surface area (TPSA) is 41.6 Å². The number of hydrogen-bond donors (Lipinski definition) is 1. The Balaban J connectivity index is 1.79. The van der Waals surface area contributed by atoms with Crippen molar-refractivity contribution in [1.82, 2.24) is 10.2 Å². The average Bonchev–Trinajstić information content (AvgIpc) is 2.93. The quantitative estimate of drug-likeness (QED) is 0.879. The molecule has 0 bridgehead atoms. The van der Waals surface area contributed by atoms with Gasteiger partial charge in [-0.2, -0.15) is 0 Å². The number of hydrogen-bond acceptors (Lipinski definition) is 3. The highest BCUT2D eigenvalue weighted by atomic mass is 19.1. The summed E-state index contributed by atoms with van der Waals surface area (Å²) >= 11 is 0. The average molecular weight is 266 g/mol. The van der Waals surface area contributed by atoms with Crippen molar-refractivity contribution in [3.63, 3.8) is 0 Å². The molecule has 1 aromatic carbocycles. The summed E-state index contributed by atoms with van der Waals surface area (Å²) < 4.78 is 18.3. The van der Waals surface area contributed by atoms with Crippen LogP contribution in [0.5, 0.6) is 5.75 Å². The molecule has 0 spiro atoms. The van der Waals surface area contributed by atoms with Gasteiger partial charge in [0.25, 0.3) is 0 Å². The van der Waals surface area contributed by atoms with Gasteiger partial charge in [-0.3, -0.25) is 4.79 Å². The molecule has 0 unspecified atom stereocenters. The summed E-state index contributed by atoms with van der Waals surface area (Å²) in [5, 5.41) is 3.04. The monoisotopic (exact) mass is 266 g/mol. The van der Waals surface area contributed by atoms with E-state index in [2.05, 4.69) is 5.32 Å². The summed E-state index contributed by atoms with van der Waals surface area (Å²) in [5.41, 5.74) is 0.799. The zero-order chi connectivity index (χ0) is 13.7. The molecular formula is C14H19FN2O2. The maximum absolute atomic E-state index is 13.5. The minimum absolute atomic E-state index is 0.117. The summed E-state index contributed by atoms with van der Waals surface area (Å²) in [7, 11) is 1.44. The van der Waals surface area contributed by atoms with Crippen LogP contribution in [-0.4, -0.2) is 37.6 Å².